The molecule has 0 radical (unpaired) electrons. The van der Waals surface area contributed by atoms with E-state index in [0.717, 1.165) is 36.7 Å². The van der Waals surface area contributed by atoms with Crippen LogP contribution in [0, 0.1) is 5.92 Å². The largest absolute Gasteiger partial charge is 0.494 e. The zero-order valence-corrected chi connectivity index (χ0v) is 10.7. The van der Waals surface area contributed by atoms with E-state index in [1.165, 1.54) is 16.1 Å². The molecule has 3 rings (SSSR count). The Morgan fingerprint density at radius 2 is 2.47 bits per heavy atom. The summed E-state index contributed by atoms with van der Waals surface area (Å²) in [4.78, 5) is 4.71. The Labute approximate surface area is 105 Å². The van der Waals surface area contributed by atoms with Gasteiger partial charge in [0.2, 0.25) is 0 Å². The lowest BCUT2D eigenvalue weighted by Gasteiger charge is -2.03. The molecule has 0 amide bonds. The van der Waals surface area contributed by atoms with Crippen molar-refractivity contribution < 1.29 is 4.74 Å². The Morgan fingerprint density at radius 3 is 3.24 bits per heavy atom. The van der Waals surface area contributed by atoms with Crippen molar-refractivity contribution in [2.75, 3.05) is 20.2 Å². The number of benzene rings is 1. The predicted molar refractivity (Wildman–Crippen MR) is 70.9 cm³/mol. The lowest BCUT2D eigenvalue weighted by Crippen LogP contribution is -2.10. The van der Waals surface area contributed by atoms with Crippen molar-refractivity contribution in [1.29, 1.82) is 0 Å². The van der Waals surface area contributed by atoms with Gasteiger partial charge in [0.1, 0.15) is 11.3 Å². The minimum atomic E-state index is 0.751. The second-order valence-electron chi connectivity index (χ2n) is 4.48. The number of nitrogens with zero attached hydrogens (tertiary/aromatic N) is 1. The lowest BCUT2D eigenvalue weighted by atomic mass is 10.1. The van der Waals surface area contributed by atoms with Crippen molar-refractivity contribution in [3.8, 4) is 5.75 Å². The van der Waals surface area contributed by atoms with Gasteiger partial charge < -0.3 is 10.1 Å². The van der Waals surface area contributed by atoms with Crippen LogP contribution in [0.15, 0.2) is 18.2 Å². The van der Waals surface area contributed by atoms with Crippen molar-refractivity contribution in [3.05, 3.63) is 23.2 Å². The molecule has 1 fully saturated rings. The van der Waals surface area contributed by atoms with Crippen molar-refractivity contribution in [2.45, 2.75) is 12.8 Å². The van der Waals surface area contributed by atoms with Crippen LogP contribution in [0.1, 0.15) is 11.4 Å². The van der Waals surface area contributed by atoms with Gasteiger partial charge in [-0.25, -0.2) is 4.98 Å². The van der Waals surface area contributed by atoms with Crippen molar-refractivity contribution in [1.82, 2.24) is 10.3 Å². The normalized spacial score (nSPS) is 19.9. The summed E-state index contributed by atoms with van der Waals surface area (Å²) in [6.45, 7) is 2.28. The third-order valence-corrected chi connectivity index (χ3v) is 4.31. The molecule has 1 aliphatic heterocycles. The average Bonchev–Trinajstić information content (AvgIpc) is 2.97. The van der Waals surface area contributed by atoms with Crippen LogP contribution in [0.25, 0.3) is 10.2 Å². The van der Waals surface area contributed by atoms with Crippen molar-refractivity contribution in [2.24, 2.45) is 5.92 Å². The zero-order chi connectivity index (χ0) is 11.7. The van der Waals surface area contributed by atoms with Gasteiger partial charge in [0.05, 0.1) is 16.8 Å². The summed E-state index contributed by atoms with van der Waals surface area (Å²) >= 11 is 1.79. The number of ether oxygens (including phenoxy) is 1. The third-order valence-electron chi connectivity index (χ3n) is 3.27. The first kappa shape index (κ1) is 11.0. The Balaban J connectivity index is 1.90. The lowest BCUT2D eigenvalue weighted by molar-refractivity contribution is 0.419. The van der Waals surface area contributed by atoms with Gasteiger partial charge in [-0.1, -0.05) is 6.07 Å². The maximum absolute atomic E-state index is 5.34. The topological polar surface area (TPSA) is 34.1 Å². The monoisotopic (exact) mass is 248 g/mol. The maximum atomic E-state index is 5.34. The standard InChI is InChI=1S/C13H16N2OS/c1-16-10-3-2-4-11-13(10)15-12(17-11)7-9-5-6-14-8-9/h2-4,9,14H,5-8H2,1H3. The van der Waals surface area contributed by atoms with Gasteiger partial charge in [0.15, 0.2) is 0 Å². The van der Waals surface area contributed by atoms with Crippen LogP contribution in [0.4, 0.5) is 0 Å². The number of methoxy groups -OCH3 is 1. The van der Waals surface area contributed by atoms with E-state index in [1.807, 2.05) is 12.1 Å². The fourth-order valence-electron chi connectivity index (χ4n) is 2.36. The molecule has 1 atom stereocenters. The number of para-hydroxylation sites is 1. The first-order valence-corrected chi connectivity index (χ1v) is 6.81. The number of aromatic nitrogens is 1. The van der Waals surface area contributed by atoms with Crippen LogP contribution in [0.5, 0.6) is 5.75 Å². The summed E-state index contributed by atoms with van der Waals surface area (Å²) in [5.74, 6) is 1.64. The predicted octanol–water partition coefficient (Wildman–Crippen LogP) is 2.46. The molecule has 0 spiro atoms. The van der Waals surface area contributed by atoms with E-state index in [1.54, 1.807) is 18.4 Å². The van der Waals surface area contributed by atoms with Gasteiger partial charge in [-0.3, -0.25) is 0 Å². The minimum Gasteiger partial charge on any atom is -0.494 e. The molecule has 0 aliphatic carbocycles. The maximum Gasteiger partial charge on any atom is 0.145 e. The van der Waals surface area contributed by atoms with Gasteiger partial charge in [-0.2, -0.15) is 0 Å². The van der Waals surface area contributed by atoms with Crippen LogP contribution in [-0.2, 0) is 6.42 Å². The number of fused-ring (bicyclic) bond motifs is 1. The van der Waals surface area contributed by atoms with Crippen LogP contribution < -0.4 is 10.1 Å². The van der Waals surface area contributed by atoms with Crippen LogP contribution >= 0.6 is 11.3 Å². The molecular formula is C13H16N2OS. The fourth-order valence-corrected chi connectivity index (χ4v) is 3.46. The molecule has 0 saturated carbocycles. The Bertz CT molecular complexity index is 517. The van der Waals surface area contributed by atoms with Gasteiger partial charge in [-0.05, 0) is 37.6 Å². The smallest absolute Gasteiger partial charge is 0.145 e. The first-order valence-electron chi connectivity index (χ1n) is 6.00. The number of hydrogen-bond donors (Lipinski definition) is 1. The highest BCUT2D eigenvalue weighted by Gasteiger charge is 2.17. The highest BCUT2D eigenvalue weighted by atomic mass is 32.1. The number of rotatable bonds is 3. The molecule has 1 aromatic heterocycles. The first-order chi connectivity index (χ1) is 8.36. The third kappa shape index (κ3) is 2.15. The summed E-state index contributed by atoms with van der Waals surface area (Å²) < 4.78 is 6.57. The Kier molecular flexibility index (Phi) is 2.99. The van der Waals surface area contributed by atoms with Crippen LogP contribution in [0.3, 0.4) is 0 Å². The minimum absolute atomic E-state index is 0.751. The fraction of sp³-hybridized carbons (Fsp3) is 0.462. The zero-order valence-electron chi connectivity index (χ0n) is 9.90. The van der Waals surface area contributed by atoms with Gasteiger partial charge in [-0.15, -0.1) is 11.3 Å². The van der Waals surface area contributed by atoms with Gasteiger partial charge in [0.25, 0.3) is 0 Å². The molecule has 1 aliphatic rings. The number of hydrogen-bond acceptors (Lipinski definition) is 4. The van der Waals surface area contributed by atoms with Crippen LogP contribution in [-0.4, -0.2) is 25.2 Å². The summed E-state index contributed by atoms with van der Waals surface area (Å²) in [6.07, 6.45) is 2.36. The van der Waals surface area contributed by atoms with Crippen LogP contribution in [0.2, 0.25) is 0 Å². The van der Waals surface area contributed by atoms with E-state index in [4.69, 9.17) is 9.72 Å². The molecule has 1 aromatic carbocycles. The molecule has 0 bridgehead atoms. The van der Waals surface area contributed by atoms with Gasteiger partial charge in [0, 0.05) is 6.42 Å². The van der Waals surface area contributed by atoms with Crippen molar-refractivity contribution >= 4 is 21.6 Å². The molecule has 90 valence electrons. The van der Waals surface area contributed by atoms with E-state index in [-0.39, 0.29) is 0 Å². The van der Waals surface area contributed by atoms with E-state index < -0.39 is 0 Å². The van der Waals surface area contributed by atoms with E-state index in [2.05, 4.69) is 11.4 Å². The second kappa shape index (κ2) is 4.63. The molecule has 2 heterocycles. The summed E-state index contributed by atoms with van der Waals surface area (Å²) in [7, 11) is 1.70. The molecule has 4 heteroatoms. The van der Waals surface area contributed by atoms with Gasteiger partial charge >= 0.3 is 0 Å². The molecular weight excluding hydrogens is 232 g/mol. The molecule has 3 nitrogen and oxygen atoms in total. The Hall–Kier alpha value is -1.13. The molecule has 1 unspecified atom stereocenters. The Morgan fingerprint density at radius 1 is 1.53 bits per heavy atom. The summed E-state index contributed by atoms with van der Waals surface area (Å²) in [6, 6.07) is 6.12. The quantitative estimate of drug-likeness (QED) is 0.906. The average molecular weight is 248 g/mol. The number of thiazole rings is 1. The molecule has 1 saturated heterocycles. The molecule has 1 N–H and O–H groups in total. The highest BCUT2D eigenvalue weighted by Crippen LogP contribution is 2.31. The van der Waals surface area contributed by atoms with E-state index >= 15 is 0 Å². The van der Waals surface area contributed by atoms with E-state index in [0.29, 0.717) is 0 Å². The summed E-state index contributed by atoms with van der Waals surface area (Å²) in [5, 5.41) is 4.64. The summed E-state index contributed by atoms with van der Waals surface area (Å²) in [5.41, 5.74) is 1.01. The highest BCUT2D eigenvalue weighted by molar-refractivity contribution is 7.18. The van der Waals surface area contributed by atoms with Crippen molar-refractivity contribution in [3.63, 3.8) is 0 Å². The number of nitrogens with one attached hydrogen (secondary N) is 1. The molecule has 17 heavy (non-hydrogen) atoms. The second-order valence-corrected chi connectivity index (χ2v) is 5.59. The SMILES string of the molecule is COc1cccc2sc(CC3CCNC3)nc12. The van der Waals surface area contributed by atoms with E-state index in [9.17, 15) is 0 Å². The molecule has 2 aromatic rings.